The lowest BCUT2D eigenvalue weighted by molar-refractivity contribution is -0.605. The highest BCUT2D eigenvalue weighted by molar-refractivity contribution is 5.65. The molecule has 0 saturated carbocycles. The van der Waals surface area contributed by atoms with Crippen molar-refractivity contribution in [2.75, 3.05) is 0 Å². The fourth-order valence-electron chi connectivity index (χ4n) is 1.92. The Kier molecular flexibility index (Phi) is 5.46. The zero-order valence-electron chi connectivity index (χ0n) is 13.0. The van der Waals surface area contributed by atoms with Crippen molar-refractivity contribution in [1.82, 2.24) is 0 Å². The molecule has 0 aliphatic carbocycles. The summed E-state index contributed by atoms with van der Waals surface area (Å²) in [4.78, 5) is 10.0. The maximum absolute atomic E-state index is 10.5. The molecule has 1 heterocycles. The highest BCUT2D eigenvalue weighted by Crippen LogP contribution is 2.23. The quantitative estimate of drug-likeness (QED) is 0.337. The Hall–Kier alpha value is -3.41. The minimum atomic E-state index is -0.430. The van der Waals surface area contributed by atoms with E-state index in [-0.39, 0.29) is 11.4 Å². The molecule has 24 heavy (non-hydrogen) atoms. The number of nitro benzene ring substituents is 1. The molecule has 1 N–H and O–H groups in total. The summed E-state index contributed by atoms with van der Waals surface area (Å²) in [7, 11) is 0. The molecule has 0 spiro atoms. The van der Waals surface area contributed by atoms with Gasteiger partial charge in [-0.25, -0.2) is 0 Å². The third kappa shape index (κ3) is 4.81. The van der Waals surface area contributed by atoms with Crippen molar-refractivity contribution >= 4 is 5.69 Å². The van der Waals surface area contributed by atoms with Gasteiger partial charge >= 0.3 is 0 Å². The second-order valence-corrected chi connectivity index (χ2v) is 5.09. The first-order valence-electron chi connectivity index (χ1n) is 7.15. The van der Waals surface area contributed by atoms with Crippen molar-refractivity contribution in [3.8, 4) is 16.9 Å². The molecular weight excluding hydrogens is 308 g/mol. The van der Waals surface area contributed by atoms with Gasteiger partial charge in [0, 0.05) is 24.3 Å². The van der Waals surface area contributed by atoms with Gasteiger partial charge in [0.15, 0.2) is 12.4 Å². The maximum atomic E-state index is 10.5. The number of aryl methyl sites for hydroxylation is 1. The van der Waals surface area contributed by atoms with Crippen LogP contribution >= 0.6 is 0 Å². The summed E-state index contributed by atoms with van der Waals surface area (Å²) in [6, 6.07) is 16.5. The number of phenols is 1. The molecular formula is C18H16N2O4. The van der Waals surface area contributed by atoms with Gasteiger partial charge in [0.05, 0.1) is 4.92 Å². The van der Waals surface area contributed by atoms with E-state index >= 15 is 0 Å². The van der Waals surface area contributed by atoms with Crippen molar-refractivity contribution in [1.29, 1.82) is 0 Å². The average molecular weight is 324 g/mol. The van der Waals surface area contributed by atoms with E-state index in [4.69, 9.17) is 5.11 Å². The molecule has 0 fully saturated rings. The average Bonchev–Trinajstić information content (AvgIpc) is 2.59. The summed E-state index contributed by atoms with van der Waals surface area (Å²) >= 11 is 0. The molecule has 0 aliphatic heterocycles. The monoisotopic (exact) mass is 324 g/mol. The lowest BCUT2D eigenvalue weighted by Gasteiger charge is -2.01. The zero-order valence-corrected chi connectivity index (χ0v) is 13.0. The molecule has 0 bridgehead atoms. The van der Waals surface area contributed by atoms with Crippen LogP contribution in [-0.2, 0) is 0 Å². The van der Waals surface area contributed by atoms with Crippen LogP contribution in [0.4, 0.5) is 5.69 Å². The summed E-state index contributed by atoms with van der Waals surface area (Å²) in [5.41, 5.74) is 2.97. The molecule has 3 rings (SSSR count). The highest BCUT2D eigenvalue weighted by atomic mass is 16.6. The largest absolute Gasteiger partial charge is 0.619 e. The number of rotatable bonds is 2. The molecule has 122 valence electrons. The fourth-order valence-corrected chi connectivity index (χ4v) is 1.92. The second-order valence-electron chi connectivity index (χ2n) is 5.09. The first-order chi connectivity index (χ1) is 11.5. The number of aromatic hydroxyl groups is 1. The van der Waals surface area contributed by atoms with Gasteiger partial charge in [-0.2, -0.15) is 4.73 Å². The number of hydrogen-bond donors (Lipinski definition) is 1. The van der Waals surface area contributed by atoms with Crippen LogP contribution in [-0.4, -0.2) is 10.0 Å². The van der Waals surface area contributed by atoms with Gasteiger partial charge in [-0.15, -0.1) is 0 Å². The van der Waals surface area contributed by atoms with Gasteiger partial charge < -0.3 is 10.3 Å². The predicted octanol–water partition coefficient (Wildman–Crippen LogP) is 3.60. The molecule has 0 aliphatic rings. The van der Waals surface area contributed by atoms with E-state index in [0.29, 0.717) is 0 Å². The van der Waals surface area contributed by atoms with E-state index in [0.717, 1.165) is 21.4 Å². The number of benzene rings is 2. The van der Waals surface area contributed by atoms with E-state index in [2.05, 4.69) is 0 Å². The van der Waals surface area contributed by atoms with Crippen molar-refractivity contribution in [3.63, 3.8) is 0 Å². The summed E-state index contributed by atoms with van der Waals surface area (Å²) < 4.78 is 0.771. The number of nitrogens with zero attached hydrogens (tertiary/aromatic N) is 2. The van der Waals surface area contributed by atoms with E-state index in [1.807, 2.05) is 6.92 Å². The standard InChI is InChI=1S/C12H9NO3.C6H7NO/c14-12-7-3-10(4-8-12)9-1-5-11(6-2-9)13(15)16;1-6-2-4-7(8)5-3-6/h1-8,14H;2-5H,1H3. The van der Waals surface area contributed by atoms with Gasteiger partial charge in [0.2, 0.25) is 0 Å². The molecule has 0 unspecified atom stereocenters. The first kappa shape index (κ1) is 17.0. The molecule has 0 amide bonds. The Morgan fingerprint density at radius 2 is 1.33 bits per heavy atom. The predicted molar refractivity (Wildman–Crippen MR) is 90.3 cm³/mol. The lowest BCUT2D eigenvalue weighted by atomic mass is 10.1. The van der Waals surface area contributed by atoms with Crippen LogP contribution in [0.15, 0.2) is 73.1 Å². The summed E-state index contributed by atoms with van der Waals surface area (Å²) in [5, 5.41) is 29.9. The van der Waals surface area contributed by atoms with Crippen LogP contribution in [0, 0.1) is 22.2 Å². The van der Waals surface area contributed by atoms with Crippen LogP contribution in [0.25, 0.3) is 11.1 Å². The van der Waals surface area contributed by atoms with Crippen molar-refractivity contribution in [3.05, 3.63) is 93.9 Å². The van der Waals surface area contributed by atoms with E-state index < -0.39 is 4.92 Å². The number of phenolic OH excluding ortho intramolecular Hbond substituents is 1. The SMILES string of the molecule is Cc1cc[n+]([O-])cc1.O=[N+]([O-])c1ccc(-c2ccc(O)cc2)cc1. The fraction of sp³-hybridized carbons (Fsp3) is 0.0556. The molecule has 0 radical (unpaired) electrons. The number of aromatic nitrogens is 1. The molecule has 0 atom stereocenters. The Labute approximate surface area is 139 Å². The van der Waals surface area contributed by atoms with Crippen LogP contribution in [0.5, 0.6) is 5.75 Å². The number of non-ortho nitro benzene ring substituents is 1. The highest BCUT2D eigenvalue weighted by Gasteiger charge is 2.04. The van der Waals surface area contributed by atoms with Crippen LogP contribution in [0.3, 0.4) is 0 Å². The molecule has 2 aromatic carbocycles. The van der Waals surface area contributed by atoms with Crippen molar-refractivity contribution in [2.24, 2.45) is 0 Å². The summed E-state index contributed by atoms with van der Waals surface area (Å²) in [5.74, 6) is 0.200. The lowest BCUT2D eigenvalue weighted by Crippen LogP contribution is -2.23. The third-order valence-corrected chi connectivity index (χ3v) is 3.25. The van der Waals surface area contributed by atoms with E-state index in [9.17, 15) is 15.3 Å². The zero-order chi connectivity index (χ0) is 17.5. The Morgan fingerprint density at radius 3 is 1.75 bits per heavy atom. The van der Waals surface area contributed by atoms with Crippen LogP contribution in [0.1, 0.15) is 5.56 Å². The second kappa shape index (κ2) is 7.73. The van der Waals surface area contributed by atoms with Crippen molar-refractivity contribution in [2.45, 2.75) is 6.92 Å². The minimum Gasteiger partial charge on any atom is -0.619 e. The minimum absolute atomic E-state index is 0.0718. The molecule has 1 aromatic heterocycles. The number of hydrogen-bond acceptors (Lipinski definition) is 4. The van der Waals surface area contributed by atoms with Gasteiger partial charge in [0.25, 0.3) is 5.69 Å². The Morgan fingerprint density at radius 1 is 0.875 bits per heavy atom. The Balaban J connectivity index is 0.000000219. The summed E-state index contributed by atoms with van der Waals surface area (Å²) in [6.07, 6.45) is 2.96. The topological polar surface area (TPSA) is 90.3 Å². The maximum Gasteiger partial charge on any atom is 0.269 e. The van der Waals surface area contributed by atoms with Crippen LogP contribution < -0.4 is 4.73 Å². The Bertz CT molecular complexity index is 777. The van der Waals surface area contributed by atoms with Gasteiger partial charge in [-0.1, -0.05) is 12.1 Å². The van der Waals surface area contributed by atoms with Crippen LogP contribution in [0.2, 0.25) is 0 Å². The van der Waals surface area contributed by atoms with Gasteiger partial charge in [0.1, 0.15) is 5.75 Å². The summed E-state index contributed by atoms with van der Waals surface area (Å²) in [6.45, 7) is 1.94. The molecule has 3 aromatic rings. The van der Waals surface area contributed by atoms with Crippen molar-refractivity contribution < 1.29 is 14.8 Å². The number of pyridine rings is 1. The number of nitro groups is 1. The normalized spacial score (nSPS) is 9.71. The first-order valence-corrected chi connectivity index (χ1v) is 7.15. The van der Waals surface area contributed by atoms with E-state index in [1.54, 1.807) is 48.5 Å². The smallest absolute Gasteiger partial charge is 0.269 e. The van der Waals surface area contributed by atoms with E-state index in [1.165, 1.54) is 24.5 Å². The van der Waals surface area contributed by atoms with Gasteiger partial charge in [-0.3, -0.25) is 10.1 Å². The van der Waals surface area contributed by atoms with Gasteiger partial charge in [-0.05, 0) is 47.9 Å². The molecule has 6 nitrogen and oxygen atoms in total. The molecule has 0 saturated heterocycles. The third-order valence-electron chi connectivity index (χ3n) is 3.25. The molecule has 6 heteroatoms.